The predicted octanol–water partition coefficient (Wildman–Crippen LogP) is 5.05. The maximum absolute atomic E-state index is 12.5. The minimum Gasteiger partial charge on any atom is -0.341 e. The molecule has 1 amide bonds. The summed E-state index contributed by atoms with van der Waals surface area (Å²) >= 11 is 0. The van der Waals surface area contributed by atoms with Gasteiger partial charge in [0.15, 0.2) is 0 Å². The number of rotatable bonds is 6. The van der Waals surface area contributed by atoms with Crippen molar-refractivity contribution >= 4 is 23.0 Å². The van der Waals surface area contributed by atoms with Crippen molar-refractivity contribution in [3.63, 3.8) is 0 Å². The van der Waals surface area contributed by atoms with Crippen molar-refractivity contribution in [2.24, 2.45) is 0 Å². The first kappa shape index (κ1) is 17.7. The van der Waals surface area contributed by atoms with Crippen LogP contribution in [-0.2, 0) is 6.42 Å². The molecule has 0 aliphatic rings. The molecule has 4 nitrogen and oxygen atoms in total. The van der Waals surface area contributed by atoms with Gasteiger partial charge >= 0.3 is 0 Å². The summed E-state index contributed by atoms with van der Waals surface area (Å²) in [6.07, 6.45) is 2.61. The van der Waals surface area contributed by atoms with E-state index in [1.165, 1.54) is 0 Å². The van der Waals surface area contributed by atoms with Crippen molar-refractivity contribution in [3.05, 3.63) is 84.2 Å². The van der Waals surface area contributed by atoms with Crippen LogP contribution in [0.3, 0.4) is 0 Å². The van der Waals surface area contributed by atoms with Crippen LogP contribution in [0.25, 0.3) is 0 Å². The molecular weight excluding hydrogens is 322 g/mol. The van der Waals surface area contributed by atoms with Gasteiger partial charge in [0.2, 0.25) is 0 Å². The zero-order chi connectivity index (χ0) is 18.4. The molecule has 1 N–H and O–H groups in total. The standard InChI is InChI=1S/C22H23N3O/c1-3-17-10-8-9-13-20(17)24-22(26)21-15-14-19(16-23-21)25(4-2)18-11-6-5-7-12-18/h5-16H,3-4H2,1-2H3,(H,24,26). The molecule has 1 heterocycles. The van der Waals surface area contributed by atoms with Crippen LogP contribution in [0.4, 0.5) is 17.1 Å². The summed E-state index contributed by atoms with van der Waals surface area (Å²) in [6, 6.07) is 21.7. The summed E-state index contributed by atoms with van der Waals surface area (Å²) in [6.45, 7) is 4.98. The Morgan fingerprint density at radius 1 is 0.923 bits per heavy atom. The Hall–Kier alpha value is -3.14. The molecule has 0 saturated heterocycles. The first-order valence-corrected chi connectivity index (χ1v) is 8.90. The Balaban J connectivity index is 1.77. The fraction of sp³-hybridized carbons (Fsp3) is 0.182. The minimum atomic E-state index is -0.194. The highest BCUT2D eigenvalue weighted by molar-refractivity contribution is 6.03. The third-order valence-corrected chi connectivity index (χ3v) is 4.32. The van der Waals surface area contributed by atoms with E-state index in [2.05, 4.69) is 41.2 Å². The van der Waals surface area contributed by atoms with Gasteiger partial charge < -0.3 is 10.2 Å². The van der Waals surface area contributed by atoms with E-state index in [4.69, 9.17) is 0 Å². The number of nitrogens with one attached hydrogen (secondary N) is 1. The number of carbonyl (C=O) groups excluding carboxylic acids is 1. The van der Waals surface area contributed by atoms with Crippen molar-refractivity contribution in [3.8, 4) is 0 Å². The Morgan fingerprint density at radius 3 is 2.31 bits per heavy atom. The molecule has 0 radical (unpaired) electrons. The fourth-order valence-electron chi connectivity index (χ4n) is 2.94. The van der Waals surface area contributed by atoms with Crippen molar-refractivity contribution < 1.29 is 4.79 Å². The number of benzene rings is 2. The normalized spacial score (nSPS) is 10.4. The maximum Gasteiger partial charge on any atom is 0.274 e. The number of hydrogen-bond donors (Lipinski definition) is 1. The van der Waals surface area contributed by atoms with Crippen molar-refractivity contribution in [2.45, 2.75) is 20.3 Å². The molecule has 0 saturated carbocycles. The number of amides is 1. The molecule has 0 fully saturated rings. The van der Waals surface area contributed by atoms with Crippen LogP contribution >= 0.6 is 0 Å². The molecule has 3 rings (SSSR count). The average molecular weight is 345 g/mol. The lowest BCUT2D eigenvalue weighted by molar-refractivity contribution is 0.102. The molecular formula is C22H23N3O. The van der Waals surface area contributed by atoms with Crippen LogP contribution in [0, 0.1) is 0 Å². The average Bonchev–Trinajstić information content (AvgIpc) is 2.70. The molecule has 0 aliphatic heterocycles. The lowest BCUT2D eigenvalue weighted by Crippen LogP contribution is -2.18. The topological polar surface area (TPSA) is 45.2 Å². The van der Waals surface area contributed by atoms with Crippen LogP contribution in [0.15, 0.2) is 72.9 Å². The van der Waals surface area contributed by atoms with E-state index in [1.807, 2.05) is 48.5 Å². The van der Waals surface area contributed by atoms with Gasteiger partial charge in [0.25, 0.3) is 5.91 Å². The molecule has 1 aromatic heterocycles. The van der Waals surface area contributed by atoms with E-state index in [1.54, 1.807) is 12.3 Å². The molecule has 0 aliphatic carbocycles. The Labute approximate surface area is 154 Å². The number of anilines is 3. The van der Waals surface area contributed by atoms with E-state index in [0.29, 0.717) is 5.69 Å². The second kappa shape index (κ2) is 8.30. The molecule has 2 aromatic carbocycles. The predicted molar refractivity (Wildman–Crippen MR) is 107 cm³/mol. The first-order chi connectivity index (χ1) is 12.7. The van der Waals surface area contributed by atoms with E-state index in [0.717, 1.165) is 35.6 Å². The highest BCUT2D eigenvalue weighted by Crippen LogP contribution is 2.24. The monoisotopic (exact) mass is 345 g/mol. The summed E-state index contributed by atoms with van der Waals surface area (Å²) < 4.78 is 0. The zero-order valence-corrected chi connectivity index (χ0v) is 15.1. The van der Waals surface area contributed by atoms with Gasteiger partial charge in [0, 0.05) is 17.9 Å². The molecule has 0 atom stereocenters. The maximum atomic E-state index is 12.5. The SMILES string of the molecule is CCc1ccccc1NC(=O)c1ccc(N(CC)c2ccccc2)cn1. The second-order valence-corrected chi connectivity index (χ2v) is 5.95. The number of aryl methyl sites for hydroxylation is 1. The number of pyridine rings is 1. The van der Waals surface area contributed by atoms with Gasteiger partial charge in [-0.1, -0.05) is 43.3 Å². The Kier molecular flexibility index (Phi) is 5.64. The van der Waals surface area contributed by atoms with Crippen molar-refractivity contribution in [1.82, 2.24) is 4.98 Å². The molecule has 0 unspecified atom stereocenters. The summed E-state index contributed by atoms with van der Waals surface area (Å²) in [5.74, 6) is -0.194. The molecule has 0 spiro atoms. The van der Waals surface area contributed by atoms with Gasteiger partial charge in [-0.2, -0.15) is 0 Å². The summed E-state index contributed by atoms with van der Waals surface area (Å²) in [5, 5.41) is 2.96. The zero-order valence-electron chi connectivity index (χ0n) is 15.1. The smallest absolute Gasteiger partial charge is 0.274 e. The highest BCUT2D eigenvalue weighted by Gasteiger charge is 2.12. The lowest BCUT2D eigenvalue weighted by Gasteiger charge is -2.23. The van der Waals surface area contributed by atoms with E-state index in [-0.39, 0.29) is 5.91 Å². The summed E-state index contributed by atoms with van der Waals surface area (Å²) in [4.78, 5) is 19.0. The quantitative estimate of drug-likeness (QED) is 0.679. The highest BCUT2D eigenvalue weighted by atomic mass is 16.1. The molecule has 0 bridgehead atoms. The summed E-state index contributed by atoms with van der Waals surface area (Å²) in [5.41, 5.74) is 4.42. The molecule has 26 heavy (non-hydrogen) atoms. The van der Waals surface area contributed by atoms with E-state index < -0.39 is 0 Å². The van der Waals surface area contributed by atoms with Gasteiger partial charge in [-0.05, 0) is 49.2 Å². The molecule has 132 valence electrons. The number of carbonyl (C=O) groups is 1. The second-order valence-electron chi connectivity index (χ2n) is 5.95. The minimum absolute atomic E-state index is 0.194. The van der Waals surface area contributed by atoms with Crippen LogP contribution in [-0.4, -0.2) is 17.4 Å². The van der Waals surface area contributed by atoms with Gasteiger partial charge in [-0.3, -0.25) is 4.79 Å². The molecule has 3 aromatic rings. The van der Waals surface area contributed by atoms with Gasteiger partial charge in [0.05, 0.1) is 11.9 Å². The van der Waals surface area contributed by atoms with Crippen LogP contribution in [0.1, 0.15) is 29.9 Å². The van der Waals surface area contributed by atoms with Gasteiger partial charge in [-0.15, -0.1) is 0 Å². The first-order valence-electron chi connectivity index (χ1n) is 8.90. The largest absolute Gasteiger partial charge is 0.341 e. The fourth-order valence-corrected chi connectivity index (χ4v) is 2.94. The van der Waals surface area contributed by atoms with E-state index in [9.17, 15) is 4.79 Å². The molecule has 4 heteroatoms. The van der Waals surface area contributed by atoms with Crippen LogP contribution < -0.4 is 10.2 Å². The lowest BCUT2D eigenvalue weighted by atomic mass is 10.1. The summed E-state index contributed by atoms with van der Waals surface area (Å²) in [7, 11) is 0. The third kappa shape index (κ3) is 3.91. The number of nitrogens with zero attached hydrogens (tertiary/aromatic N) is 2. The van der Waals surface area contributed by atoms with Crippen molar-refractivity contribution in [2.75, 3.05) is 16.8 Å². The Bertz CT molecular complexity index is 860. The third-order valence-electron chi connectivity index (χ3n) is 4.32. The van der Waals surface area contributed by atoms with Crippen LogP contribution in [0.2, 0.25) is 0 Å². The number of para-hydroxylation sites is 2. The number of aromatic nitrogens is 1. The number of hydrogen-bond acceptors (Lipinski definition) is 3. The Morgan fingerprint density at radius 2 is 1.65 bits per heavy atom. The van der Waals surface area contributed by atoms with Crippen molar-refractivity contribution in [1.29, 1.82) is 0 Å². The van der Waals surface area contributed by atoms with Gasteiger partial charge in [0.1, 0.15) is 5.69 Å². The van der Waals surface area contributed by atoms with E-state index >= 15 is 0 Å². The van der Waals surface area contributed by atoms with Gasteiger partial charge in [-0.25, -0.2) is 4.98 Å². The van der Waals surface area contributed by atoms with Crippen LogP contribution in [0.5, 0.6) is 0 Å².